The molecule has 0 aliphatic carbocycles. The molecule has 5 heteroatoms. The molecule has 0 aromatic heterocycles. The Hall–Kier alpha value is -2.85. The van der Waals surface area contributed by atoms with Gasteiger partial charge in [-0.25, -0.2) is 0 Å². The van der Waals surface area contributed by atoms with Crippen LogP contribution in [0.2, 0.25) is 5.02 Å². The van der Waals surface area contributed by atoms with Crippen LogP contribution >= 0.6 is 11.6 Å². The number of Topliss-reactive ketones (excluding diaryl/α,β-unsaturated/α-hetero) is 1. The lowest BCUT2D eigenvalue weighted by Crippen LogP contribution is -2.15. The van der Waals surface area contributed by atoms with E-state index in [9.17, 15) is 9.59 Å². The van der Waals surface area contributed by atoms with Gasteiger partial charge in [0.15, 0.2) is 12.4 Å². The van der Waals surface area contributed by atoms with Crippen molar-refractivity contribution in [1.82, 2.24) is 0 Å². The zero-order valence-electron chi connectivity index (χ0n) is 14.2. The molecule has 3 aromatic rings. The van der Waals surface area contributed by atoms with Crippen molar-refractivity contribution in [3.05, 3.63) is 76.8 Å². The van der Waals surface area contributed by atoms with E-state index in [1.54, 1.807) is 12.1 Å². The Morgan fingerprint density at radius 3 is 2.54 bits per heavy atom. The summed E-state index contributed by atoms with van der Waals surface area (Å²) in [6, 6.07) is 18.3. The zero-order valence-corrected chi connectivity index (χ0v) is 15.0. The molecule has 3 aromatic carbocycles. The minimum absolute atomic E-state index is 0.109. The molecular formula is C21H17ClO4. The summed E-state index contributed by atoms with van der Waals surface area (Å²) in [7, 11) is 1.50. The fourth-order valence-electron chi connectivity index (χ4n) is 2.72. The van der Waals surface area contributed by atoms with E-state index in [2.05, 4.69) is 0 Å². The Kier molecular flexibility index (Phi) is 5.54. The van der Waals surface area contributed by atoms with Crippen molar-refractivity contribution in [2.75, 3.05) is 13.7 Å². The number of hydrogen-bond acceptors (Lipinski definition) is 4. The van der Waals surface area contributed by atoms with Crippen molar-refractivity contribution >= 4 is 34.1 Å². The maximum Gasteiger partial charge on any atom is 0.310 e. The molecule has 0 heterocycles. The normalized spacial score (nSPS) is 10.5. The smallest absolute Gasteiger partial charge is 0.310 e. The van der Waals surface area contributed by atoms with E-state index in [0.29, 0.717) is 16.3 Å². The summed E-state index contributed by atoms with van der Waals surface area (Å²) in [5.74, 6) is -0.286. The molecule has 0 saturated carbocycles. The second kappa shape index (κ2) is 8.02. The van der Waals surface area contributed by atoms with Crippen LogP contribution in [0.25, 0.3) is 10.8 Å². The van der Waals surface area contributed by atoms with Crippen molar-refractivity contribution in [2.45, 2.75) is 6.42 Å². The lowest BCUT2D eigenvalue weighted by molar-refractivity contribution is -0.141. The minimum atomic E-state index is -0.450. The number of carbonyl (C=O) groups is 2. The van der Waals surface area contributed by atoms with E-state index in [0.717, 1.165) is 16.3 Å². The van der Waals surface area contributed by atoms with E-state index in [1.165, 1.54) is 13.2 Å². The molecule has 132 valence electrons. The first-order valence-electron chi connectivity index (χ1n) is 8.07. The van der Waals surface area contributed by atoms with E-state index < -0.39 is 5.97 Å². The Morgan fingerprint density at radius 2 is 1.77 bits per heavy atom. The fourth-order valence-corrected chi connectivity index (χ4v) is 2.98. The molecule has 0 N–H and O–H groups in total. The van der Waals surface area contributed by atoms with Gasteiger partial charge in [-0.3, -0.25) is 9.59 Å². The van der Waals surface area contributed by atoms with Crippen molar-refractivity contribution in [3.63, 3.8) is 0 Å². The van der Waals surface area contributed by atoms with Gasteiger partial charge in [0.1, 0.15) is 5.75 Å². The Bertz CT molecular complexity index is 960. The van der Waals surface area contributed by atoms with E-state index in [-0.39, 0.29) is 18.8 Å². The Morgan fingerprint density at radius 1 is 1.00 bits per heavy atom. The highest BCUT2D eigenvalue weighted by molar-refractivity contribution is 6.32. The summed E-state index contributed by atoms with van der Waals surface area (Å²) >= 11 is 6.01. The van der Waals surface area contributed by atoms with Crippen molar-refractivity contribution < 1.29 is 19.1 Å². The molecule has 0 spiro atoms. The average Bonchev–Trinajstić information content (AvgIpc) is 2.66. The zero-order chi connectivity index (χ0) is 18.5. The standard InChI is InChI=1S/C21H17ClO4/c1-25-20-10-9-16(11-18(20)22)19(23)13-26-21(24)12-15-7-4-6-14-5-2-3-8-17(14)15/h2-11H,12-13H2,1H3. The van der Waals surface area contributed by atoms with Crippen molar-refractivity contribution in [3.8, 4) is 5.75 Å². The van der Waals surface area contributed by atoms with Crippen LogP contribution < -0.4 is 4.74 Å². The number of ketones is 1. The number of ether oxygens (including phenoxy) is 2. The first-order valence-corrected chi connectivity index (χ1v) is 8.45. The van der Waals surface area contributed by atoms with Gasteiger partial charge in [0, 0.05) is 5.56 Å². The highest BCUT2D eigenvalue weighted by Gasteiger charge is 2.13. The average molecular weight is 369 g/mol. The molecule has 0 radical (unpaired) electrons. The number of fused-ring (bicyclic) bond motifs is 1. The van der Waals surface area contributed by atoms with Crippen LogP contribution in [0.5, 0.6) is 5.75 Å². The maximum atomic E-state index is 12.2. The molecule has 0 aliphatic heterocycles. The molecule has 0 unspecified atom stereocenters. The molecule has 0 aliphatic rings. The van der Waals surface area contributed by atoms with Gasteiger partial charge in [0.25, 0.3) is 0 Å². The molecule has 0 fully saturated rings. The summed E-state index contributed by atoms with van der Waals surface area (Å²) in [6.45, 7) is -0.327. The topological polar surface area (TPSA) is 52.6 Å². The summed E-state index contributed by atoms with van der Waals surface area (Å²) in [5, 5.41) is 2.39. The van der Waals surface area contributed by atoms with Gasteiger partial charge >= 0.3 is 5.97 Å². The van der Waals surface area contributed by atoms with Crippen LogP contribution in [0.3, 0.4) is 0 Å². The number of rotatable bonds is 6. The molecule has 26 heavy (non-hydrogen) atoms. The van der Waals surface area contributed by atoms with E-state index >= 15 is 0 Å². The van der Waals surface area contributed by atoms with Crippen LogP contribution in [-0.2, 0) is 16.0 Å². The highest BCUT2D eigenvalue weighted by atomic mass is 35.5. The predicted octanol–water partition coefficient (Wildman–Crippen LogP) is 4.47. The van der Waals surface area contributed by atoms with Gasteiger partial charge < -0.3 is 9.47 Å². The molecular weight excluding hydrogens is 352 g/mol. The van der Waals surface area contributed by atoms with Crippen molar-refractivity contribution in [1.29, 1.82) is 0 Å². The Labute approximate surface area is 156 Å². The Balaban J connectivity index is 1.63. The number of methoxy groups -OCH3 is 1. The number of hydrogen-bond donors (Lipinski definition) is 0. The lowest BCUT2D eigenvalue weighted by Gasteiger charge is -2.08. The van der Waals surface area contributed by atoms with Gasteiger partial charge in [-0.2, -0.15) is 0 Å². The number of carbonyl (C=O) groups excluding carboxylic acids is 2. The van der Waals surface area contributed by atoms with Crippen LogP contribution in [-0.4, -0.2) is 25.5 Å². The molecule has 0 amide bonds. The highest BCUT2D eigenvalue weighted by Crippen LogP contribution is 2.25. The first-order chi connectivity index (χ1) is 12.6. The monoisotopic (exact) mass is 368 g/mol. The summed E-state index contributed by atoms with van der Waals surface area (Å²) < 4.78 is 10.2. The molecule has 4 nitrogen and oxygen atoms in total. The fraction of sp³-hybridized carbons (Fsp3) is 0.143. The van der Waals surface area contributed by atoms with Gasteiger partial charge in [-0.05, 0) is 34.5 Å². The second-order valence-corrected chi connectivity index (χ2v) is 6.16. The van der Waals surface area contributed by atoms with Crippen LogP contribution in [0.15, 0.2) is 60.7 Å². The maximum absolute atomic E-state index is 12.2. The summed E-state index contributed by atoms with van der Waals surface area (Å²) in [4.78, 5) is 24.3. The van der Waals surface area contributed by atoms with E-state index in [1.807, 2.05) is 42.5 Å². The number of esters is 1. The second-order valence-electron chi connectivity index (χ2n) is 5.75. The third-order valence-electron chi connectivity index (χ3n) is 4.05. The summed E-state index contributed by atoms with van der Waals surface area (Å²) in [6.07, 6.45) is 0.109. The third kappa shape index (κ3) is 4.03. The van der Waals surface area contributed by atoms with Crippen LogP contribution in [0, 0.1) is 0 Å². The number of halogens is 1. The van der Waals surface area contributed by atoms with Crippen LogP contribution in [0.4, 0.5) is 0 Å². The molecule has 0 saturated heterocycles. The summed E-state index contributed by atoms with van der Waals surface area (Å²) in [5.41, 5.74) is 1.24. The third-order valence-corrected chi connectivity index (χ3v) is 4.35. The van der Waals surface area contributed by atoms with Gasteiger partial charge in [-0.1, -0.05) is 54.1 Å². The molecule has 3 rings (SSSR count). The minimum Gasteiger partial charge on any atom is -0.495 e. The predicted molar refractivity (Wildman–Crippen MR) is 101 cm³/mol. The first kappa shape index (κ1) is 18.0. The van der Waals surface area contributed by atoms with Gasteiger partial charge in [0.2, 0.25) is 0 Å². The van der Waals surface area contributed by atoms with E-state index in [4.69, 9.17) is 21.1 Å². The lowest BCUT2D eigenvalue weighted by atomic mass is 10.0. The quantitative estimate of drug-likeness (QED) is 0.476. The van der Waals surface area contributed by atoms with Crippen LogP contribution in [0.1, 0.15) is 15.9 Å². The number of benzene rings is 3. The molecule has 0 atom stereocenters. The van der Waals surface area contributed by atoms with Crippen molar-refractivity contribution in [2.24, 2.45) is 0 Å². The molecule has 0 bridgehead atoms. The van der Waals surface area contributed by atoms with Gasteiger partial charge in [0.05, 0.1) is 18.6 Å². The van der Waals surface area contributed by atoms with Gasteiger partial charge in [-0.15, -0.1) is 0 Å². The SMILES string of the molecule is COc1ccc(C(=O)COC(=O)Cc2cccc3ccccc23)cc1Cl. The largest absolute Gasteiger partial charge is 0.495 e.